The Bertz CT molecular complexity index is 213. The van der Waals surface area contributed by atoms with Gasteiger partial charge in [-0.15, -0.1) is 0 Å². The second-order valence-electron chi connectivity index (χ2n) is 3.04. The van der Waals surface area contributed by atoms with Crippen molar-refractivity contribution in [2.24, 2.45) is 0 Å². The fourth-order valence-corrected chi connectivity index (χ4v) is 1.01. The molecule has 0 saturated heterocycles. The minimum absolute atomic E-state index is 0.642. The fourth-order valence-electron chi connectivity index (χ4n) is 1.01. The molecule has 1 rings (SSSR count). The minimum atomic E-state index is 0.642. The van der Waals surface area contributed by atoms with Crippen LogP contribution in [0.4, 0.5) is 0 Å². The fraction of sp³-hybridized carbons (Fsp3) is 0.583. The van der Waals surface area contributed by atoms with Crippen LogP contribution in [0, 0.1) is 6.92 Å². The molecule has 13 heavy (non-hydrogen) atoms. The molecule has 0 aliphatic carbocycles. The molecule has 0 saturated carbocycles. The SMILES string of the molecule is CC.CCC(C)c1ccc(C)nc1. The van der Waals surface area contributed by atoms with Crippen molar-refractivity contribution in [2.45, 2.75) is 47.0 Å². The Kier molecular flexibility index (Phi) is 6.21. The number of aryl methyl sites for hydroxylation is 1. The molecule has 1 nitrogen and oxygen atoms in total. The molecule has 1 unspecified atom stereocenters. The summed E-state index contributed by atoms with van der Waals surface area (Å²) in [6.07, 6.45) is 3.16. The van der Waals surface area contributed by atoms with E-state index in [1.165, 1.54) is 12.0 Å². The standard InChI is InChI=1S/C10H15N.C2H6/c1-4-8(2)10-6-5-9(3)11-7-10;1-2/h5-8H,4H2,1-3H3;1-2H3. The van der Waals surface area contributed by atoms with Crippen LogP contribution >= 0.6 is 0 Å². The molecule has 0 N–H and O–H groups in total. The van der Waals surface area contributed by atoms with Crippen LogP contribution < -0.4 is 0 Å². The Morgan fingerprint density at radius 3 is 2.31 bits per heavy atom. The molecule has 0 radical (unpaired) electrons. The van der Waals surface area contributed by atoms with Gasteiger partial charge in [-0.25, -0.2) is 0 Å². The van der Waals surface area contributed by atoms with E-state index in [1.807, 2.05) is 27.0 Å². The van der Waals surface area contributed by atoms with Gasteiger partial charge in [-0.05, 0) is 30.9 Å². The van der Waals surface area contributed by atoms with Crippen molar-refractivity contribution >= 4 is 0 Å². The van der Waals surface area contributed by atoms with Gasteiger partial charge in [-0.3, -0.25) is 4.98 Å². The van der Waals surface area contributed by atoms with E-state index in [1.54, 1.807) is 0 Å². The van der Waals surface area contributed by atoms with E-state index in [-0.39, 0.29) is 0 Å². The highest BCUT2D eigenvalue weighted by Gasteiger charge is 2.01. The number of aromatic nitrogens is 1. The lowest BCUT2D eigenvalue weighted by molar-refractivity contribution is 0.729. The van der Waals surface area contributed by atoms with E-state index in [9.17, 15) is 0 Å². The number of hydrogen-bond acceptors (Lipinski definition) is 1. The topological polar surface area (TPSA) is 12.9 Å². The van der Waals surface area contributed by atoms with Crippen LogP contribution in [0.25, 0.3) is 0 Å². The first-order valence-electron chi connectivity index (χ1n) is 5.16. The Morgan fingerprint density at radius 2 is 1.92 bits per heavy atom. The second kappa shape index (κ2) is 6.64. The molecule has 1 aromatic heterocycles. The Morgan fingerprint density at radius 1 is 1.31 bits per heavy atom. The van der Waals surface area contributed by atoms with Crippen molar-refractivity contribution in [2.75, 3.05) is 0 Å². The molecule has 0 amide bonds. The average Bonchev–Trinajstić information content (AvgIpc) is 2.21. The van der Waals surface area contributed by atoms with Crippen molar-refractivity contribution in [3.63, 3.8) is 0 Å². The number of hydrogen-bond donors (Lipinski definition) is 0. The maximum atomic E-state index is 4.25. The lowest BCUT2D eigenvalue weighted by atomic mass is 10.0. The second-order valence-corrected chi connectivity index (χ2v) is 3.04. The maximum absolute atomic E-state index is 4.25. The monoisotopic (exact) mass is 179 g/mol. The van der Waals surface area contributed by atoms with Crippen molar-refractivity contribution in [3.8, 4) is 0 Å². The summed E-state index contributed by atoms with van der Waals surface area (Å²) >= 11 is 0. The number of nitrogens with zero attached hydrogens (tertiary/aromatic N) is 1. The average molecular weight is 179 g/mol. The Balaban J connectivity index is 0.000000671. The minimum Gasteiger partial charge on any atom is -0.261 e. The normalized spacial score (nSPS) is 11.5. The quantitative estimate of drug-likeness (QED) is 0.670. The van der Waals surface area contributed by atoms with Gasteiger partial charge in [-0.1, -0.05) is 33.8 Å². The first-order valence-corrected chi connectivity index (χ1v) is 5.16. The van der Waals surface area contributed by atoms with Crippen LogP contribution in [-0.2, 0) is 0 Å². The van der Waals surface area contributed by atoms with Gasteiger partial charge in [0.2, 0.25) is 0 Å². The highest BCUT2D eigenvalue weighted by molar-refractivity contribution is 5.16. The summed E-state index contributed by atoms with van der Waals surface area (Å²) in [5.74, 6) is 0.642. The molecular formula is C12H21N. The van der Waals surface area contributed by atoms with E-state index in [0.717, 1.165) is 5.69 Å². The van der Waals surface area contributed by atoms with Crippen LogP contribution in [0.3, 0.4) is 0 Å². The summed E-state index contributed by atoms with van der Waals surface area (Å²) in [6, 6.07) is 4.23. The van der Waals surface area contributed by atoms with Crippen molar-refractivity contribution in [1.29, 1.82) is 0 Å². The Labute approximate surface area is 82.2 Å². The number of pyridine rings is 1. The van der Waals surface area contributed by atoms with Crippen LogP contribution in [0.15, 0.2) is 18.3 Å². The van der Waals surface area contributed by atoms with Gasteiger partial charge in [0.25, 0.3) is 0 Å². The van der Waals surface area contributed by atoms with Gasteiger partial charge < -0.3 is 0 Å². The van der Waals surface area contributed by atoms with Crippen LogP contribution in [-0.4, -0.2) is 4.98 Å². The van der Waals surface area contributed by atoms with Gasteiger partial charge in [0.1, 0.15) is 0 Å². The van der Waals surface area contributed by atoms with E-state index < -0.39 is 0 Å². The zero-order chi connectivity index (χ0) is 10.3. The summed E-state index contributed by atoms with van der Waals surface area (Å²) in [5, 5.41) is 0. The summed E-state index contributed by atoms with van der Waals surface area (Å²) < 4.78 is 0. The first-order chi connectivity index (χ1) is 6.24. The van der Waals surface area contributed by atoms with E-state index in [2.05, 4.69) is 31.0 Å². The van der Waals surface area contributed by atoms with Crippen molar-refractivity contribution < 1.29 is 0 Å². The molecule has 0 fully saturated rings. The van der Waals surface area contributed by atoms with Crippen LogP contribution in [0.1, 0.15) is 51.3 Å². The third-order valence-electron chi connectivity index (χ3n) is 2.12. The van der Waals surface area contributed by atoms with E-state index in [4.69, 9.17) is 0 Å². The predicted octanol–water partition coefficient (Wildman–Crippen LogP) is 3.93. The molecule has 0 aromatic carbocycles. The van der Waals surface area contributed by atoms with Gasteiger partial charge in [-0.2, -0.15) is 0 Å². The molecule has 1 heterocycles. The third kappa shape index (κ3) is 4.07. The van der Waals surface area contributed by atoms with Crippen molar-refractivity contribution in [3.05, 3.63) is 29.6 Å². The third-order valence-corrected chi connectivity index (χ3v) is 2.12. The van der Waals surface area contributed by atoms with Crippen molar-refractivity contribution in [1.82, 2.24) is 4.98 Å². The molecule has 0 bridgehead atoms. The summed E-state index contributed by atoms with van der Waals surface area (Å²) in [7, 11) is 0. The first kappa shape index (κ1) is 12.2. The molecule has 0 aliphatic rings. The van der Waals surface area contributed by atoms with E-state index in [0.29, 0.717) is 5.92 Å². The number of rotatable bonds is 2. The lowest BCUT2D eigenvalue weighted by Gasteiger charge is -2.07. The molecular weight excluding hydrogens is 158 g/mol. The summed E-state index contributed by atoms with van der Waals surface area (Å²) in [5.41, 5.74) is 2.44. The smallest absolute Gasteiger partial charge is 0.0372 e. The molecule has 74 valence electrons. The zero-order valence-electron chi connectivity index (χ0n) is 9.46. The Hall–Kier alpha value is -0.850. The van der Waals surface area contributed by atoms with Gasteiger partial charge in [0.05, 0.1) is 0 Å². The molecule has 1 heteroatoms. The molecule has 0 aliphatic heterocycles. The molecule has 1 atom stereocenters. The highest BCUT2D eigenvalue weighted by Crippen LogP contribution is 2.16. The van der Waals surface area contributed by atoms with Gasteiger partial charge in [0.15, 0.2) is 0 Å². The largest absolute Gasteiger partial charge is 0.261 e. The van der Waals surface area contributed by atoms with Gasteiger partial charge >= 0.3 is 0 Å². The lowest BCUT2D eigenvalue weighted by Crippen LogP contribution is -1.92. The van der Waals surface area contributed by atoms with Gasteiger partial charge in [0, 0.05) is 11.9 Å². The summed E-state index contributed by atoms with van der Waals surface area (Å²) in [6.45, 7) is 10.4. The maximum Gasteiger partial charge on any atom is 0.0372 e. The van der Waals surface area contributed by atoms with E-state index >= 15 is 0 Å². The predicted molar refractivity (Wildman–Crippen MR) is 59.0 cm³/mol. The van der Waals surface area contributed by atoms with Crippen LogP contribution in [0.5, 0.6) is 0 Å². The molecule has 0 spiro atoms. The molecule has 1 aromatic rings. The zero-order valence-corrected chi connectivity index (χ0v) is 9.46. The summed E-state index contributed by atoms with van der Waals surface area (Å²) in [4.78, 5) is 4.25. The highest BCUT2D eigenvalue weighted by atomic mass is 14.7. The van der Waals surface area contributed by atoms with Crippen LogP contribution in [0.2, 0.25) is 0 Å².